The molecule has 0 heterocycles. The van der Waals surface area contributed by atoms with Crippen LogP contribution in [0.3, 0.4) is 0 Å². The molecule has 2 nitrogen and oxygen atoms in total. The standard InChI is InChI=1S/C17H12O2/c1-13-6-5-9-15(12-13)17(19)16(18)11-10-14-7-3-2-4-8-14/h2-9,12H,1H3. The number of Topliss-reactive ketones (excluding diaryl/α,β-unsaturated/α-hetero) is 2. The van der Waals surface area contributed by atoms with Gasteiger partial charge in [0.1, 0.15) is 0 Å². The smallest absolute Gasteiger partial charge is 0.276 e. The summed E-state index contributed by atoms with van der Waals surface area (Å²) in [5.74, 6) is 3.82. The van der Waals surface area contributed by atoms with Gasteiger partial charge < -0.3 is 0 Å². The lowest BCUT2D eigenvalue weighted by Crippen LogP contribution is -2.11. The molecule has 0 radical (unpaired) electrons. The molecule has 0 aliphatic carbocycles. The van der Waals surface area contributed by atoms with Crippen molar-refractivity contribution in [2.75, 3.05) is 0 Å². The van der Waals surface area contributed by atoms with Crippen LogP contribution in [0.5, 0.6) is 0 Å². The second-order valence-electron chi connectivity index (χ2n) is 4.14. The molecule has 0 N–H and O–H groups in total. The average Bonchev–Trinajstić information content (AvgIpc) is 2.45. The van der Waals surface area contributed by atoms with E-state index in [-0.39, 0.29) is 0 Å². The summed E-state index contributed by atoms with van der Waals surface area (Å²) in [5.41, 5.74) is 2.04. The van der Waals surface area contributed by atoms with Gasteiger partial charge in [0, 0.05) is 11.1 Å². The van der Waals surface area contributed by atoms with Crippen LogP contribution in [0.4, 0.5) is 0 Å². The van der Waals surface area contributed by atoms with Crippen molar-refractivity contribution in [3.05, 3.63) is 71.3 Å². The molecule has 2 aromatic carbocycles. The van der Waals surface area contributed by atoms with E-state index in [1.807, 2.05) is 31.2 Å². The fraction of sp³-hybridized carbons (Fsp3) is 0.0588. The van der Waals surface area contributed by atoms with Crippen molar-refractivity contribution >= 4 is 11.6 Å². The lowest BCUT2D eigenvalue weighted by Gasteiger charge is -1.97. The molecule has 0 spiro atoms. The van der Waals surface area contributed by atoms with Crippen molar-refractivity contribution in [1.82, 2.24) is 0 Å². The molecule has 19 heavy (non-hydrogen) atoms. The highest BCUT2D eigenvalue weighted by Crippen LogP contribution is 2.05. The highest BCUT2D eigenvalue weighted by molar-refractivity contribution is 6.49. The minimum atomic E-state index is -0.686. The molecular formula is C17H12O2. The van der Waals surface area contributed by atoms with Crippen LogP contribution in [0.2, 0.25) is 0 Å². The molecule has 0 aliphatic heterocycles. The lowest BCUT2D eigenvalue weighted by atomic mass is 10.1. The predicted octanol–water partition coefficient (Wildman–Crippen LogP) is 2.80. The van der Waals surface area contributed by atoms with Crippen molar-refractivity contribution in [3.63, 3.8) is 0 Å². The summed E-state index contributed by atoms with van der Waals surface area (Å²) in [6.45, 7) is 1.87. The molecule has 2 rings (SSSR count). The SMILES string of the molecule is Cc1cccc(C(=O)C(=O)C#Cc2ccccc2)c1. The third-order valence-electron chi connectivity index (χ3n) is 2.58. The number of aryl methyl sites for hydroxylation is 1. The number of rotatable bonds is 2. The average molecular weight is 248 g/mol. The number of hydrogen-bond acceptors (Lipinski definition) is 2. The highest BCUT2D eigenvalue weighted by Gasteiger charge is 2.13. The predicted molar refractivity (Wildman–Crippen MR) is 73.8 cm³/mol. The second kappa shape index (κ2) is 5.79. The summed E-state index contributed by atoms with van der Waals surface area (Å²) in [6, 6.07) is 16.0. The number of benzene rings is 2. The van der Waals surface area contributed by atoms with Gasteiger partial charge in [-0.3, -0.25) is 9.59 Å². The van der Waals surface area contributed by atoms with E-state index >= 15 is 0 Å². The summed E-state index contributed by atoms with van der Waals surface area (Å²) in [4.78, 5) is 23.6. The van der Waals surface area contributed by atoms with Crippen LogP contribution in [0, 0.1) is 18.8 Å². The van der Waals surface area contributed by atoms with Gasteiger partial charge in [-0.15, -0.1) is 0 Å². The Hall–Kier alpha value is -2.66. The van der Waals surface area contributed by atoms with Crippen molar-refractivity contribution < 1.29 is 9.59 Å². The Morgan fingerprint density at radius 1 is 0.947 bits per heavy atom. The molecule has 0 aromatic heterocycles. The maximum atomic E-state index is 11.9. The van der Waals surface area contributed by atoms with Crippen LogP contribution in [0.15, 0.2) is 54.6 Å². The molecule has 0 amide bonds. The van der Waals surface area contributed by atoms with Gasteiger partial charge in [0.15, 0.2) is 0 Å². The molecule has 2 aromatic rings. The molecule has 0 aliphatic rings. The van der Waals surface area contributed by atoms with Crippen LogP contribution in [-0.4, -0.2) is 11.6 Å². The van der Waals surface area contributed by atoms with Gasteiger partial charge in [-0.25, -0.2) is 0 Å². The summed E-state index contributed by atoms with van der Waals surface area (Å²) in [5, 5.41) is 0. The molecule has 2 heteroatoms. The third-order valence-corrected chi connectivity index (χ3v) is 2.58. The normalized spacial score (nSPS) is 9.32. The first-order valence-corrected chi connectivity index (χ1v) is 5.89. The van der Waals surface area contributed by atoms with Crippen molar-refractivity contribution in [2.45, 2.75) is 6.92 Å². The molecule has 0 fully saturated rings. The fourth-order valence-corrected chi connectivity index (χ4v) is 1.62. The van der Waals surface area contributed by atoms with Crippen molar-refractivity contribution in [1.29, 1.82) is 0 Å². The van der Waals surface area contributed by atoms with E-state index in [0.717, 1.165) is 5.56 Å². The van der Waals surface area contributed by atoms with Crippen LogP contribution in [0.1, 0.15) is 21.5 Å². The highest BCUT2D eigenvalue weighted by atomic mass is 16.2. The quantitative estimate of drug-likeness (QED) is 0.465. The first-order chi connectivity index (χ1) is 9.16. The molecule has 0 bridgehead atoms. The Labute approximate surface area is 112 Å². The minimum Gasteiger partial charge on any atom is -0.284 e. The molecule has 0 saturated carbocycles. The second-order valence-corrected chi connectivity index (χ2v) is 4.14. The zero-order chi connectivity index (χ0) is 13.7. The number of ketones is 2. The van der Waals surface area contributed by atoms with E-state index in [1.54, 1.807) is 30.3 Å². The number of carbonyl (C=O) groups excluding carboxylic acids is 2. The van der Waals surface area contributed by atoms with E-state index < -0.39 is 11.6 Å². The van der Waals surface area contributed by atoms with Crippen molar-refractivity contribution in [3.8, 4) is 11.8 Å². The number of hydrogen-bond donors (Lipinski definition) is 0. The van der Waals surface area contributed by atoms with Gasteiger partial charge >= 0.3 is 0 Å². The van der Waals surface area contributed by atoms with Gasteiger partial charge in [-0.2, -0.15) is 0 Å². The maximum Gasteiger partial charge on any atom is 0.276 e. The Morgan fingerprint density at radius 2 is 1.68 bits per heavy atom. The minimum absolute atomic E-state index is 0.382. The first kappa shape index (κ1) is 12.8. The van der Waals surface area contributed by atoms with Crippen LogP contribution in [0.25, 0.3) is 0 Å². The Balaban J connectivity index is 2.17. The van der Waals surface area contributed by atoms with Gasteiger partial charge in [-0.1, -0.05) is 47.9 Å². The lowest BCUT2D eigenvalue weighted by molar-refractivity contribution is -0.110. The van der Waals surface area contributed by atoms with Crippen LogP contribution >= 0.6 is 0 Å². The summed E-state index contributed by atoms with van der Waals surface area (Å²) in [7, 11) is 0. The number of carbonyl (C=O) groups is 2. The van der Waals surface area contributed by atoms with Crippen LogP contribution in [-0.2, 0) is 4.79 Å². The zero-order valence-electron chi connectivity index (χ0n) is 10.5. The van der Waals surface area contributed by atoms with E-state index in [2.05, 4.69) is 11.8 Å². The third kappa shape index (κ3) is 3.40. The summed E-state index contributed by atoms with van der Waals surface area (Å²) < 4.78 is 0. The van der Waals surface area contributed by atoms with Gasteiger partial charge in [0.05, 0.1) is 0 Å². The van der Waals surface area contributed by atoms with Crippen LogP contribution < -0.4 is 0 Å². The Kier molecular flexibility index (Phi) is 3.90. The summed E-state index contributed by atoms with van der Waals surface area (Å²) >= 11 is 0. The van der Waals surface area contributed by atoms with E-state index in [1.165, 1.54) is 0 Å². The largest absolute Gasteiger partial charge is 0.284 e. The molecular weight excluding hydrogens is 236 g/mol. The van der Waals surface area contributed by atoms with E-state index in [9.17, 15) is 9.59 Å². The molecule has 0 saturated heterocycles. The van der Waals surface area contributed by atoms with Gasteiger partial charge in [0.2, 0.25) is 5.78 Å². The van der Waals surface area contributed by atoms with Gasteiger partial charge in [-0.05, 0) is 31.0 Å². The topological polar surface area (TPSA) is 34.1 Å². The van der Waals surface area contributed by atoms with Crippen molar-refractivity contribution in [2.24, 2.45) is 0 Å². The van der Waals surface area contributed by atoms with E-state index in [4.69, 9.17) is 0 Å². The molecule has 92 valence electrons. The fourth-order valence-electron chi connectivity index (χ4n) is 1.62. The first-order valence-electron chi connectivity index (χ1n) is 5.89. The monoisotopic (exact) mass is 248 g/mol. The van der Waals surface area contributed by atoms with Gasteiger partial charge in [0.25, 0.3) is 5.78 Å². The van der Waals surface area contributed by atoms with E-state index in [0.29, 0.717) is 11.1 Å². The Bertz CT molecular complexity index is 673. The molecule has 0 unspecified atom stereocenters. The summed E-state index contributed by atoms with van der Waals surface area (Å²) in [6.07, 6.45) is 0. The Morgan fingerprint density at radius 3 is 2.37 bits per heavy atom. The zero-order valence-corrected chi connectivity index (χ0v) is 10.5. The maximum absolute atomic E-state index is 11.9. The molecule has 0 atom stereocenters.